The van der Waals surface area contributed by atoms with E-state index in [1.54, 1.807) is 11.3 Å². The van der Waals surface area contributed by atoms with Gasteiger partial charge in [0.05, 0.1) is 12.0 Å². The highest BCUT2D eigenvalue weighted by Crippen LogP contribution is 2.34. The third-order valence-corrected chi connectivity index (χ3v) is 6.54. The van der Waals surface area contributed by atoms with E-state index in [1.807, 2.05) is 30.3 Å². The van der Waals surface area contributed by atoms with Gasteiger partial charge in [0.25, 0.3) is 5.56 Å². The molecule has 2 aromatic heterocycles. The van der Waals surface area contributed by atoms with Crippen LogP contribution in [0.25, 0.3) is 21.6 Å². The van der Waals surface area contributed by atoms with Gasteiger partial charge in [-0.3, -0.25) is 14.2 Å². The number of thiophene rings is 1. The van der Waals surface area contributed by atoms with Crippen LogP contribution >= 0.6 is 11.3 Å². The van der Waals surface area contributed by atoms with Crippen molar-refractivity contribution in [2.45, 2.75) is 52.5 Å². The van der Waals surface area contributed by atoms with Crippen LogP contribution in [-0.2, 0) is 28.9 Å². The number of aromatic nitrogens is 2. The summed E-state index contributed by atoms with van der Waals surface area (Å²) in [5, 5.41) is 0.694. The maximum Gasteiger partial charge on any atom is 0.326 e. The molecule has 0 atom stereocenters. The van der Waals surface area contributed by atoms with Crippen LogP contribution in [0.1, 0.15) is 43.6 Å². The Balaban J connectivity index is 1.78. The van der Waals surface area contributed by atoms with Crippen molar-refractivity contribution in [3.8, 4) is 11.4 Å². The van der Waals surface area contributed by atoms with Gasteiger partial charge in [-0.05, 0) is 43.6 Å². The lowest BCUT2D eigenvalue weighted by atomic mass is 9.97. The van der Waals surface area contributed by atoms with E-state index < -0.39 is 5.97 Å². The van der Waals surface area contributed by atoms with Crippen LogP contribution < -0.4 is 5.56 Å². The zero-order valence-corrected chi connectivity index (χ0v) is 17.8. The second-order valence-electron chi connectivity index (χ2n) is 7.99. The van der Waals surface area contributed by atoms with E-state index in [-0.39, 0.29) is 12.1 Å². The van der Waals surface area contributed by atoms with Gasteiger partial charge in [-0.15, -0.1) is 11.3 Å². The highest BCUT2D eigenvalue weighted by molar-refractivity contribution is 7.18. The Bertz CT molecular complexity index is 1080. The molecule has 3 aromatic rings. The van der Waals surface area contributed by atoms with Crippen LogP contribution in [0.3, 0.4) is 0 Å². The Kier molecular flexibility index (Phi) is 5.81. The predicted octanol–water partition coefficient (Wildman–Crippen LogP) is 4.59. The van der Waals surface area contributed by atoms with Gasteiger partial charge < -0.3 is 4.74 Å². The number of rotatable bonds is 6. The molecule has 0 bridgehead atoms. The first-order valence-electron chi connectivity index (χ1n) is 10.3. The number of carbonyl (C=O) groups is 1. The first-order chi connectivity index (χ1) is 14.0. The topological polar surface area (TPSA) is 61.2 Å². The van der Waals surface area contributed by atoms with Crippen molar-refractivity contribution in [3.05, 3.63) is 51.1 Å². The van der Waals surface area contributed by atoms with Crippen molar-refractivity contribution < 1.29 is 9.53 Å². The van der Waals surface area contributed by atoms with E-state index in [4.69, 9.17) is 9.72 Å². The van der Waals surface area contributed by atoms with Crippen LogP contribution in [-0.4, -0.2) is 22.1 Å². The maximum atomic E-state index is 13.5. The summed E-state index contributed by atoms with van der Waals surface area (Å²) in [4.78, 5) is 32.9. The van der Waals surface area contributed by atoms with Gasteiger partial charge in [-0.1, -0.05) is 44.2 Å². The number of carbonyl (C=O) groups excluding carboxylic acids is 1. The molecule has 0 amide bonds. The SMILES string of the molecule is CC(C)CCOC(=O)Cn1c(-c2ccccc2)nc2sc3c(c2c1=O)CCCC3. The lowest BCUT2D eigenvalue weighted by Crippen LogP contribution is -2.28. The lowest BCUT2D eigenvalue weighted by molar-refractivity contribution is -0.144. The molecule has 0 aliphatic heterocycles. The van der Waals surface area contributed by atoms with Crippen molar-refractivity contribution in [2.75, 3.05) is 6.61 Å². The summed E-state index contributed by atoms with van der Waals surface area (Å²) >= 11 is 1.63. The summed E-state index contributed by atoms with van der Waals surface area (Å²) in [7, 11) is 0. The van der Waals surface area contributed by atoms with Crippen LogP contribution in [0.4, 0.5) is 0 Å². The van der Waals surface area contributed by atoms with E-state index in [1.165, 1.54) is 9.44 Å². The number of fused-ring (bicyclic) bond motifs is 3. The van der Waals surface area contributed by atoms with Gasteiger partial charge in [0.15, 0.2) is 0 Å². The molecule has 0 fully saturated rings. The minimum absolute atomic E-state index is 0.116. The number of benzene rings is 1. The van der Waals surface area contributed by atoms with Crippen molar-refractivity contribution in [1.82, 2.24) is 9.55 Å². The summed E-state index contributed by atoms with van der Waals surface area (Å²) in [5.74, 6) is 0.596. The smallest absolute Gasteiger partial charge is 0.326 e. The Morgan fingerprint density at radius 3 is 2.72 bits per heavy atom. The summed E-state index contributed by atoms with van der Waals surface area (Å²) in [6, 6.07) is 9.59. The Morgan fingerprint density at radius 1 is 1.21 bits per heavy atom. The average molecular weight is 411 g/mol. The Labute approximate surface area is 174 Å². The highest BCUT2D eigenvalue weighted by atomic mass is 32.1. The lowest BCUT2D eigenvalue weighted by Gasteiger charge is -2.14. The largest absolute Gasteiger partial charge is 0.464 e. The van der Waals surface area contributed by atoms with Gasteiger partial charge in [0, 0.05) is 10.4 Å². The van der Waals surface area contributed by atoms with Crippen LogP contribution in [0.5, 0.6) is 0 Å². The van der Waals surface area contributed by atoms with E-state index >= 15 is 0 Å². The number of esters is 1. The molecule has 5 nitrogen and oxygen atoms in total. The molecule has 4 rings (SSSR count). The van der Waals surface area contributed by atoms with Gasteiger partial charge in [0.2, 0.25) is 0 Å². The molecule has 1 aromatic carbocycles. The monoisotopic (exact) mass is 410 g/mol. The quantitative estimate of drug-likeness (QED) is 0.558. The highest BCUT2D eigenvalue weighted by Gasteiger charge is 2.23. The molecule has 0 saturated heterocycles. The molecule has 1 aliphatic carbocycles. The van der Waals surface area contributed by atoms with E-state index in [2.05, 4.69) is 13.8 Å². The average Bonchev–Trinajstić information content (AvgIpc) is 3.09. The molecule has 152 valence electrons. The second-order valence-corrected chi connectivity index (χ2v) is 9.07. The summed E-state index contributed by atoms with van der Waals surface area (Å²) in [6.07, 6.45) is 4.97. The molecule has 6 heteroatoms. The first-order valence-corrected chi connectivity index (χ1v) is 11.1. The number of hydrogen-bond donors (Lipinski definition) is 0. The van der Waals surface area contributed by atoms with Crippen LogP contribution in [0.15, 0.2) is 35.1 Å². The molecular weight excluding hydrogens is 384 g/mol. The Morgan fingerprint density at radius 2 is 1.97 bits per heavy atom. The van der Waals surface area contributed by atoms with Crippen molar-refractivity contribution in [3.63, 3.8) is 0 Å². The number of ether oxygens (including phenoxy) is 1. The van der Waals surface area contributed by atoms with Crippen molar-refractivity contribution in [1.29, 1.82) is 0 Å². The minimum atomic E-state index is -0.393. The summed E-state index contributed by atoms with van der Waals surface area (Å²) in [5.41, 5.74) is 1.83. The predicted molar refractivity (Wildman–Crippen MR) is 116 cm³/mol. The normalized spacial score (nSPS) is 13.6. The van der Waals surface area contributed by atoms with Crippen LogP contribution in [0, 0.1) is 5.92 Å². The molecule has 29 heavy (non-hydrogen) atoms. The minimum Gasteiger partial charge on any atom is -0.464 e. The van der Waals surface area contributed by atoms with Crippen molar-refractivity contribution in [2.24, 2.45) is 5.92 Å². The van der Waals surface area contributed by atoms with Crippen LogP contribution in [0.2, 0.25) is 0 Å². The zero-order chi connectivity index (χ0) is 20.4. The molecule has 0 spiro atoms. The van der Waals surface area contributed by atoms with E-state index in [9.17, 15) is 9.59 Å². The maximum absolute atomic E-state index is 13.5. The fourth-order valence-corrected chi connectivity index (χ4v) is 5.03. The van der Waals surface area contributed by atoms with Gasteiger partial charge in [-0.25, -0.2) is 4.98 Å². The molecule has 0 radical (unpaired) electrons. The van der Waals surface area contributed by atoms with Gasteiger partial charge in [0.1, 0.15) is 17.2 Å². The zero-order valence-electron chi connectivity index (χ0n) is 16.9. The molecule has 0 saturated carbocycles. The molecule has 0 N–H and O–H groups in total. The van der Waals surface area contributed by atoms with Gasteiger partial charge in [-0.2, -0.15) is 0 Å². The van der Waals surface area contributed by atoms with Crippen molar-refractivity contribution >= 4 is 27.5 Å². The number of nitrogens with zero attached hydrogens (tertiary/aromatic N) is 2. The fourth-order valence-electron chi connectivity index (χ4n) is 3.78. The Hall–Kier alpha value is -2.47. The number of hydrogen-bond acceptors (Lipinski definition) is 5. The summed E-state index contributed by atoms with van der Waals surface area (Å²) < 4.78 is 6.88. The third-order valence-electron chi connectivity index (χ3n) is 5.35. The molecule has 0 unspecified atom stereocenters. The fraction of sp³-hybridized carbons (Fsp3) is 0.435. The van der Waals surface area contributed by atoms with E-state index in [0.717, 1.165) is 48.1 Å². The standard InChI is InChI=1S/C23H26N2O3S/c1-15(2)12-13-28-19(26)14-25-21(16-8-4-3-5-9-16)24-22-20(23(25)27)17-10-6-7-11-18(17)29-22/h3-5,8-9,15H,6-7,10-14H2,1-2H3. The number of aryl methyl sites for hydroxylation is 2. The van der Waals surface area contributed by atoms with Gasteiger partial charge >= 0.3 is 5.97 Å². The molecular formula is C23H26N2O3S. The summed E-state index contributed by atoms with van der Waals surface area (Å²) in [6.45, 7) is 4.43. The first kappa shape index (κ1) is 19.8. The molecule has 1 aliphatic rings. The third kappa shape index (κ3) is 4.13. The molecule has 2 heterocycles. The van der Waals surface area contributed by atoms with E-state index in [0.29, 0.717) is 23.7 Å². The second kappa shape index (κ2) is 8.49.